The lowest BCUT2D eigenvalue weighted by molar-refractivity contribution is 0.0770. The molecule has 0 radical (unpaired) electrons. The number of terminal acetylenes is 1. The van der Waals surface area contributed by atoms with Crippen LogP contribution in [0.4, 0.5) is 0 Å². The van der Waals surface area contributed by atoms with Gasteiger partial charge >= 0.3 is 0 Å². The molecule has 1 aliphatic carbocycles. The molecule has 0 saturated heterocycles. The van der Waals surface area contributed by atoms with Gasteiger partial charge in [0, 0.05) is 15.7 Å². The third-order valence-corrected chi connectivity index (χ3v) is 4.48. The Morgan fingerprint density at radius 1 is 1.56 bits per heavy atom. The van der Waals surface area contributed by atoms with Crippen LogP contribution < -0.4 is 0 Å². The summed E-state index contributed by atoms with van der Waals surface area (Å²) in [5, 5.41) is 0.605. The van der Waals surface area contributed by atoms with E-state index in [0.29, 0.717) is 23.0 Å². The maximum atomic E-state index is 12.3. The normalized spacial score (nSPS) is 14.1. The molecule has 0 aromatic heterocycles. The maximum absolute atomic E-state index is 12.3. The van der Waals surface area contributed by atoms with E-state index in [9.17, 15) is 4.79 Å². The second-order valence-corrected chi connectivity index (χ2v) is 6.03. The monoisotopic (exact) mass is 373 g/mol. The third-order valence-electron chi connectivity index (χ3n) is 2.91. The summed E-state index contributed by atoms with van der Waals surface area (Å²) in [5.41, 5.74) is 0.608. The number of benzene rings is 1. The number of halogens is 2. The van der Waals surface area contributed by atoms with Gasteiger partial charge in [0.15, 0.2) is 0 Å². The van der Waals surface area contributed by atoms with Gasteiger partial charge in [-0.15, -0.1) is 6.42 Å². The fourth-order valence-electron chi connectivity index (χ4n) is 1.75. The zero-order valence-corrected chi connectivity index (χ0v) is 12.7. The molecular weight excluding hydrogens is 361 g/mol. The predicted molar refractivity (Wildman–Crippen MR) is 81.6 cm³/mol. The van der Waals surface area contributed by atoms with Crippen molar-refractivity contribution in [2.75, 3.05) is 13.1 Å². The highest BCUT2D eigenvalue weighted by molar-refractivity contribution is 14.1. The molecule has 0 heterocycles. The second-order valence-electron chi connectivity index (χ2n) is 4.46. The van der Waals surface area contributed by atoms with E-state index in [-0.39, 0.29) is 5.91 Å². The van der Waals surface area contributed by atoms with Crippen LogP contribution in [0.1, 0.15) is 23.2 Å². The largest absolute Gasteiger partial charge is 0.327 e. The smallest absolute Gasteiger partial charge is 0.254 e. The summed E-state index contributed by atoms with van der Waals surface area (Å²) in [6.07, 6.45) is 7.72. The minimum absolute atomic E-state index is 0.0295. The van der Waals surface area contributed by atoms with E-state index < -0.39 is 0 Å². The molecule has 0 aliphatic heterocycles. The quantitative estimate of drug-likeness (QED) is 0.585. The van der Waals surface area contributed by atoms with Gasteiger partial charge in [-0.1, -0.05) is 17.5 Å². The first-order valence-corrected chi connectivity index (χ1v) is 7.25. The summed E-state index contributed by atoms with van der Waals surface area (Å²) in [4.78, 5) is 14.1. The van der Waals surface area contributed by atoms with E-state index in [1.807, 2.05) is 6.07 Å². The Morgan fingerprint density at radius 2 is 2.28 bits per heavy atom. The average Bonchev–Trinajstić information content (AvgIpc) is 3.15. The number of amides is 1. The van der Waals surface area contributed by atoms with Crippen LogP contribution in [-0.4, -0.2) is 23.9 Å². The Bertz CT molecular complexity index is 505. The second kappa shape index (κ2) is 5.94. The van der Waals surface area contributed by atoms with Gasteiger partial charge in [0.1, 0.15) is 0 Å². The molecule has 1 aromatic carbocycles. The van der Waals surface area contributed by atoms with E-state index in [4.69, 9.17) is 18.0 Å². The van der Waals surface area contributed by atoms with Gasteiger partial charge in [-0.2, -0.15) is 0 Å². The van der Waals surface area contributed by atoms with Crippen LogP contribution in [0.5, 0.6) is 0 Å². The molecular formula is C14H13ClINO. The molecule has 2 rings (SSSR count). The Morgan fingerprint density at radius 3 is 2.83 bits per heavy atom. The van der Waals surface area contributed by atoms with Gasteiger partial charge in [0.05, 0.1) is 11.6 Å². The minimum Gasteiger partial charge on any atom is -0.327 e. The summed E-state index contributed by atoms with van der Waals surface area (Å²) in [6, 6.07) is 5.36. The number of carbonyl (C=O) groups excluding carboxylic acids is 1. The Hall–Kier alpha value is -0.730. The fourth-order valence-corrected chi connectivity index (χ4v) is 2.27. The lowest BCUT2D eigenvalue weighted by Gasteiger charge is -2.20. The molecule has 2 nitrogen and oxygen atoms in total. The molecule has 1 aromatic rings. The van der Waals surface area contributed by atoms with Crippen molar-refractivity contribution in [1.82, 2.24) is 4.90 Å². The zero-order valence-electron chi connectivity index (χ0n) is 9.83. The van der Waals surface area contributed by atoms with Crippen molar-refractivity contribution in [2.45, 2.75) is 12.8 Å². The number of carbonyl (C=O) groups is 1. The van der Waals surface area contributed by atoms with Crippen LogP contribution in [0, 0.1) is 21.8 Å². The lowest BCUT2D eigenvalue weighted by Crippen LogP contribution is -2.33. The van der Waals surface area contributed by atoms with Gasteiger partial charge in [-0.3, -0.25) is 4.79 Å². The summed E-state index contributed by atoms with van der Waals surface area (Å²) >= 11 is 8.18. The van der Waals surface area contributed by atoms with E-state index in [1.54, 1.807) is 17.0 Å². The standard InChI is InChI=1S/C14H13ClINO/c1-2-7-17(9-10-3-4-10)14(18)11-5-6-13(16)12(15)8-11/h1,5-6,8,10H,3-4,7,9H2. The van der Waals surface area contributed by atoms with Crippen molar-refractivity contribution in [3.63, 3.8) is 0 Å². The number of nitrogens with zero attached hydrogens (tertiary/aromatic N) is 1. The van der Waals surface area contributed by atoms with Crippen molar-refractivity contribution < 1.29 is 4.79 Å². The van der Waals surface area contributed by atoms with Gasteiger partial charge in [-0.25, -0.2) is 0 Å². The van der Waals surface area contributed by atoms with Crippen LogP contribution in [0.25, 0.3) is 0 Å². The van der Waals surface area contributed by atoms with Crippen molar-refractivity contribution in [3.8, 4) is 12.3 Å². The van der Waals surface area contributed by atoms with E-state index in [1.165, 1.54) is 12.8 Å². The number of hydrogen-bond acceptors (Lipinski definition) is 1. The molecule has 4 heteroatoms. The van der Waals surface area contributed by atoms with Crippen LogP contribution in [-0.2, 0) is 0 Å². The van der Waals surface area contributed by atoms with Crippen LogP contribution in [0.15, 0.2) is 18.2 Å². The molecule has 1 fully saturated rings. The van der Waals surface area contributed by atoms with Crippen LogP contribution >= 0.6 is 34.2 Å². The predicted octanol–water partition coefficient (Wildman–Crippen LogP) is 3.43. The molecule has 94 valence electrons. The lowest BCUT2D eigenvalue weighted by atomic mass is 10.2. The maximum Gasteiger partial charge on any atom is 0.254 e. The minimum atomic E-state index is -0.0295. The first kappa shape index (κ1) is 13.7. The molecule has 1 amide bonds. The van der Waals surface area contributed by atoms with Crippen molar-refractivity contribution in [3.05, 3.63) is 32.4 Å². The van der Waals surface area contributed by atoms with Crippen LogP contribution in [0.3, 0.4) is 0 Å². The average molecular weight is 374 g/mol. The molecule has 1 saturated carbocycles. The third kappa shape index (κ3) is 3.39. The number of hydrogen-bond donors (Lipinski definition) is 0. The zero-order chi connectivity index (χ0) is 13.1. The molecule has 0 unspecified atom stereocenters. The molecule has 1 aliphatic rings. The van der Waals surface area contributed by atoms with Crippen molar-refractivity contribution >= 4 is 40.1 Å². The summed E-state index contributed by atoms with van der Waals surface area (Å²) < 4.78 is 0.941. The summed E-state index contributed by atoms with van der Waals surface area (Å²) in [5.74, 6) is 3.15. The van der Waals surface area contributed by atoms with Crippen molar-refractivity contribution in [1.29, 1.82) is 0 Å². The first-order chi connectivity index (χ1) is 8.61. The van der Waals surface area contributed by atoms with E-state index in [0.717, 1.165) is 10.1 Å². The highest BCUT2D eigenvalue weighted by Crippen LogP contribution is 2.30. The molecule has 0 N–H and O–H groups in total. The Balaban J connectivity index is 2.15. The SMILES string of the molecule is C#CCN(CC1CC1)C(=O)c1ccc(I)c(Cl)c1. The Labute approximate surface area is 126 Å². The van der Waals surface area contributed by atoms with Gasteiger partial charge in [-0.05, 0) is 59.5 Å². The van der Waals surface area contributed by atoms with E-state index in [2.05, 4.69) is 28.5 Å². The highest BCUT2D eigenvalue weighted by atomic mass is 127. The Kier molecular flexibility index (Phi) is 4.52. The van der Waals surface area contributed by atoms with Gasteiger partial charge in [0.25, 0.3) is 5.91 Å². The summed E-state index contributed by atoms with van der Waals surface area (Å²) in [7, 11) is 0. The van der Waals surface area contributed by atoms with E-state index >= 15 is 0 Å². The number of rotatable bonds is 4. The van der Waals surface area contributed by atoms with Crippen LogP contribution in [0.2, 0.25) is 5.02 Å². The molecule has 0 bridgehead atoms. The van der Waals surface area contributed by atoms with Crippen molar-refractivity contribution in [2.24, 2.45) is 5.92 Å². The summed E-state index contributed by atoms with van der Waals surface area (Å²) in [6.45, 7) is 1.12. The highest BCUT2D eigenvalue weighted by Gasteiger charge is 2.27. The topological polar surface area (TPSA) is 20.3 Å². The molecule has 18 heavy (non-hydrogen) atoms. The molecule has 0 atom stereocenters. The fraction of sp³-hybridized carbons (Fsp3) is 0.357. The first-order valence-electron chi connectivity index (χ1n) is 5.79. The van der Waals surface area contributed by atoms with Gasteiger partial charge < -0.3 is 4.90 Å². The van der Waals surface area contributed by atoms with Gasteiger partial charge in [0.2, 0.25) is 0 Å². The molecule has 0 spiro atoms.